The number of hydrogen-bond acceptors (Lipinski definition) is 3. The van der Waals surface area contributed by atoms with Crippen LogP contribution in [0.15, 0.2) is 0 Å². The van der Waals surface area contributed by atoms with Crippen LogP contribution in [0.25, 0.3) is 0 Å². The molecule has 1 amide bonds. The van der Waals surface area contributed by atoms with Gasteiger partial charge in [0.15, 0.2) is 0 Å². The number of nitrogens with zero attached hydrogens (tertiary/aromatic N) is 1. The van der Waals surface area contributed by atoms with Crippen molar-refractivity contribution in [2.75, 3.05) is 20.2 Å². The largest absolute Gasteiger partial charge is 0.378 e. The lowest BCUT2D eigenvalue weighted by Gasteiger charge is -2.24. The van der Waals surface area contributed by atoms with Crippen molar-refractivity contribution in [2.45, 2.75) is 51.2 Å². The van der Waals surface area contributed by atoms with Crippen LogP contribution in [0.1, 0.15) is 39.0 Å². The first-order valence-corrected chi connectivity index (χ1v) is 6.20. The van der Waals surface area contributed by atoms with Gasteiger partial charge in [0, 0.05) is 32.7 Å². The van der Waals surface area contributed by atoms with Crippen LogP contribution in [0.2, 0.25) is 0 Å². The van der Waals surface area contributed by atoms with Gasteiger partial charge in [0.1, 0.15) is 0 Å². The SMILES string of the molecule is CC(N)CN(C)C(=O)CCC1CCCCO1. The molecular weight excluding hydrogens is 204 g/mol. The van der Waals surface area contributed by atoms with Gasteiger partial charge >= 0.3 is 0 Å². The van der Waals surface area contributed by atoms with Crippen LogP contribution in [0.4, 0.5) is 0 Å². The topological polar surface area (TPSA) is 55.6 Å². The van der Waals surface area contributed by atoms with Gasteiger partial charge in [0.25, 0.3) is 0 Å². The molecular formula is C12H24N2O2. The van der Waals surface area contributed by atoms with Crippen molar-refractivity contribution in [3.05, 3.63) is 0 Å². The quantitative estimate of drug-likeness (QED) is 0.767. The lowest BCUT2D eigenvalue weighted by atomic mass is 10.0. The predicted molar refractivity (Wildman–Crippen MR) is 64.1 cm³/mol. The van der Waals surface area contributed by atoms with E-state index in [1.54, 1.807) is 4.90 Å². The van der Waals surface area contributed by atoms with Crippen LogP contribution >= 0.6 is 0 Å². The standard InChI is InChI=1S/C12H24N2O2/c1-10(13)9-14(2)12(15)7-6-11-5-3-4-8-16-11/h10-11H,3-9,13H2,1-2H3. The zero-order chi connectivity index (χ0) is 12.0. The fourth-order valence-corrected chi connectivity index (χ4v) is 2.04. The van der Waals surface area contributed by atoms with Crippen LogP contribution in [0.3, 0.4) is 0 Å². The van der Waals surface area contributed by atoms with Crippen LogP contribution in [0, 0.1) is 0 Å². The van der Waals surface area contributed by atoms with Gasteiger partial charge in [-0.15, -0.1) is 0 Å². The van der Waals surface area contributed by atoms with Gasteiger partial charge in [0.2, 0.25) is 5.91 Å². The van der Waals surface area contributed by atoms with E-state index in [9.17, 15) is 4.79 Å². The van der Waals surface area contributed by atoms with Gasteiger partial charge in [-0.25, -0.2) is 0 Å². The van der Waals surface area contributed by atoms with Crippen LogP contribution < -0.4 is 5.73 Å². The molecule has 0 saturated carbocycles. The van der Waals surface area contributed by atoms with Crippen molar-refractivity contribution < 1.29 is 9.53 Å². The minimum atomic E-state index is 0.0416. The molecule has 2 N–H and O–H groups in total. The summed E-state index contributed by atoms with van der Waals surface area (Å²) < 4.78 is 5.59. The fraction of sp³-hybridized carbons (Fsp3) is 0.917. The Balaban J connectivity index is 2.17. The van der Waals surface area contributed by atoms with E-state index in [1.165, 1.54) is 6.42 Å². The number of likely N-dealkylation sites (N-methyl/N-ethyl adjacent to an activating group) is 1. The lowest BCUT2D eigenvalue weighted by Crippen LogP contribution is -2.37. The molecule has 0 bridgehead atoms. The molecule has 1 heterocycles. The van der Waals surface area contributed by atoms with Crippen LogP contribution in [0.5, 0.6) is 0 Å². The summed E-state index contributed by atoms with van der Waals surface area (Å²) in [7, 11) is 1.81. The van der Waals surface area contributed by atoms with E-state index >= 15 is 0 Å². The molecule has 1 aliphatic rings. The highest BCUT2D eigenvalue weighted by molar-refractivity contribution is 5.75. The fourth-order valence-electron chi connectivity index (χ4n) is 2.04. The van der Waals surface area contributed by atoms with Crippen molar-refractivity contribution in [3.8, 4) is 0 Å². The summed E-state index contributed by atoms with van der Waals surface area (Å²) in [5.41, 5.74) is 5.65. The molecule has 2 unspecified atom stereocenters. The van der Waals surface area contributed by atoms with Gasteiger partial charge in [-0.1, -0.05) is 0 Å². The number of carbonyl (C=O) groups excluding carboxylic acids is 1. The van der Waals surface area contributed by atoms with Crippen molar-refractivity contribution in [1.29, 1.82) is 0 Å². The first-order valence-electron chi connectivity index (χ1n) is 6.20. The Hall–Kier alpha value is -0.610. The zero-order valence-electron chi connectivity index (χ0n) is 10.4. The molecule has 0 spiro atoms. The van der Waals surface area contributed by atoms with Gasteiger partial charge < -0.3 is 15.4 Å². The molecule has 0 aromatic rings. The Morgan fingerprint density at radius 2 is 2.31 bits per heavy atom. The predicted octanol–water partition coefficient (Wildman–Crippen LogP) is 1.14. The number of rotatable bonds is 5. The zero-order valence-corrected chi connectivity index (χ0v) is 10.4. The third-order valence-corrected chi connectivity index (χ3v) is 2.94. The monoisotopic (exact) mass is 228 g/mol. The van der Waals surface area contributed by atoms with E-state index in [0.717, 1.165) is 25.9 Å². The normalized spacial score (nSPS) is 22.8. The van der Waals surface area contributed by atoms with E-state index < -0.39 is 0 Å². The molecule has 1 fully saturated rings. The van der Waals surface area contributed by atoms with E-state index in [0.29, 0.717) is 19.1 Å². The van der Waals surface area contributed by atoms with Gasteiger partial charge in [-0.3, -0.25) is 4.79 Å². The van der Waals surface area contributed by atoms with Crippen molar-refractivity contribution >= 4 is 5.91 Å². The number of carbonyl (C=O) groups is 1. The summed E-state index contributed by atoms with van der Waals surface area (Å²) in [4.78, 5) is 13.5. The summed E-state index contributed by atoms with van der Waals surface area (Å²) >= 11 is 0. The maximum absolute atomic E-state index is 11.7. The molecule has 4 heteroatoms. The Morgan fingerprint density at radius 1 is 1.56 bits per heavy atom. The highest BCUT2D eigenvalue weighted by atomic mass is 16.5. The first-order chi connectivity index (χ1) is 7.59. The average molecular weight is 228 g/mol. The number of amides is 1. The highest BCUT2D eigenvalue weighted by Gasteiger charge is 2.17. The molecule has 0 aliphatic carbocycles. The minimum Gasteiger partial charge on any atom is -0.378 e. The van der Waals surface area contributed by atoms with E-state index in [-0.39, 0.29) is 11.9 Å². The van der Waals surface area contributed by atoms with E-state index in [4.69, 9.17) is 10.5 Å². The Bertz CT molecular complexity index is 213. The molecule has 4 nitrogen and oxygen atoms in total. The van der Waals surface area contributed by atoms with E-state index in [2.05, 4.69) is 0 Å². The third-order valence-electron chi connectivity index (χ3n) is 2.94. The van der Waals surface area contributed by atoms with Crippen molar-refractivity contribution in [2.24, 2.45) is 5.73 Å². The maximum atomic E-state index is 11.7. The Labute approximate surface area is 98.1 Å². The molecule has 1 rings (SSSR count). The van der Waals surface area contributed by atoms with Crippen LogP contribution in [-0.2, 0) is 9.53 Å². The number of nitrogens with two attached hydrogens (primary N) is 1. The summed E-state index contributed by atoms with van der Waals surface area (Å²) in [5.74, 6) is 0.173. The maximum Gasteiger partial charge on any atom is 0.222 e. The lowest BCUT2D eigenvalue weighted by molar-refractivity contribution is -0.131. The number of ether oxygens (including phenoxy) is 1. The van der Waals surface area contributed by atoms with Gasteiger partial charge in [0.05, 0.1) is 6.10 Å². The summed E-state index contributed by atoms with van der Waals surface area (Å²) in [6, 6.07) is 0.0416. The molecule has 16 heavy (non-hydrogen) atoms. The van der Waals surface area contributed by atoms with Gasteiger partial charge in [-0.05, 0) is 32.6 Å². The molecule has 0 aromatic carbocycles. The highest BCUT2D eigenvalue weighted by Crippen LogP contribution is 2.17. The molecule has 2 atom stereocenters. The second-order valence-corrected chi connectivity index (χ2v) is 4.78. The second-order valence-electron chi connectivity index (χ2n) is 4.78. The van der Waals surface area contributed by atoms with Crippen LogP contribution in [-0.4, -0.2) is 43.2 Å². The van der Waals surface area contributed by atoms with E-state index in [1.807, 2.05) is 14.0 Å². The Morgan fingerprint density at radius 3 is 2.88 bits per heavy atom. The molecule has 0 aromatic heterocycles. The molecule has 94 valence electrons. The first kappa shape index (κ1) is 13.5. The molecule has 1 saturated heterocycles. The summed E-state index contributed by atoms with van der Waals surface area (Å²) in [5, 5.41) is 0. The molecule has 1 aliphatic heterocycles. The average Bonchev–Trinajstić information content (AvgIpc) is 2.26. The summed E-state index contributed by atoms with van der Waals surface area (Å²) in [6.07, 6.45) is 5.21. The number of hydrogen-bond donors (Lipinski definition) is 1. The van der Waals surface area contributed by atoms with Gasteiger partial charge in [-0.2, -0.15) is 0 Å². The third kappa shape index (κ3) is 4.94. The minimum absolute atomic E-state index is 0.0416. The van der Waals surface area contributed by atoms with Crippen molar-refractivity contribution in [3.63, 3.8) is 0 Å². The van der Waals surface area contributed by atoms with Crippen molar-refractivity contribution in [1.82, 2.24) is 4.90 Å². The smallest absolute Gasteiger partial charge is 0.222 e. The summed E-state index contributed by atoms with van der Waals surface area (Å²) in [6.45, 7) is 3.40. The second kappa shape index (κ2) is 6.86. The Kier molecular flexibility index (Phi) is 5.77. The molecule has 0 radical (unpaired) electrons.